The number of para-hydroxylation sites is 1. The van der Waals surface area contributed by atoms with Crippen LogP contribution in [0.15, 0.2) is 176 Å². The molecule has 0 N–H and O–H groups in total. The molecule has 0 saturated heterocycles. The molecule has 238 valence electrons. The molecule has 0 spiro atoms. The van der Waals surface area contributed by atoms with Crippen molar-refractivity contribution in [1.29, 1.82) is 0 Å². The minimum Gasteiger partial charge on any atom is -0.247 e. The van der Waals surface area contributed by atoms with Crippen LogP contribution in [0.2, 0.25) is 0 Å². The molecule has 51 heavy (non-hydrogen) atoms. The molecule has 0 amide bonds. The topological polar surface area (TPSA) is 38.7 Å². The highest BCUT2D eigenvalue weighted by Gasteiger charge is 2.19. The summed E-state index contributed by atoms with van der Waals surface area (Å²) < 4.78 is 2.45. The first kappa shape index (κ1) is 29.4. The maximum atomic E-state index is 5.31. The Balaban J connectivity index is 1.24. The quantitative estimate of drug-likeness (QED) is 0.171. The molecule has 4 heteroatoms. The zero-order valence-electron chi connectivity index (χ0n) is 27.5. The number of rotatable bonds is 5. The van der Waals surface area contributed by atoms with Gasteiger partial charge in [-0.3, -0.25) is 0 Å². The second-order valence-corrected chi connectivity index (χ2v) is 13.8. The van der Waals surface area contributed by atoms with E-state index in [-0.39, 0.29) is 0 Å². The monoisotopic (exact) mass is 667 g/mol. The zero-order chi connectivity index (χ0) is 33.7. The van der Waals surface area contributed by atoms with E-state index in [1.807, 2.05) is 35.6 Å². The predicted octanol–water partition coefficient (Wildman–Crippen LogP) is 12.9. The Morgan fingerprint density at radius 2 is 0.941 bits per heavy atom. The van der Waals surface area contributed by atoms with Gasteiger partial charge in [-0.15, -0.1) is 11.3 Å². The number of pyridine rings is 1. The van der Waals surface area contributed by atoms with Gasteiger partial charge in [0, 0.05) is 53.2 Å². The standard InChI is InChI=1S/C47H29N3S/c1-3-13-30(14-4-1)31-23-25-32(26-24-31)42-29-43(50-47(49-42)33-15-5-2-6-16-33)40-28-34(27-39-37-19-10-12-22-44(37)51-46(39)40)45-38-20-8-7-17-35(38)36-18-9-11-21-41(36)48-45/h1-29H. The van der Waals surface area contributed by atoms with Crippen molar-refractivity contribution in [2.45, 2.75) is 0 Å². The van der Waals surface area contributed by atoms with E-state index in [1.165, 1.54) is 36.7 Å². The third-order valence-electron chi connectivity index (χ3n) is 9.68. The molecule has 7 aromatic carbocycles. The lowest BCUT2D eigenvalue weighted by atomic mass is 9.96. The summed E-state index contributed by atoms with van der Waals surface area (Å²) in [5.41, 5.74) is 10.2. The molecule has 0 aliphatic heterocycles. The van der Waals surface area contributed by atoms with Gasteiger partial charge in [-0.25, -0.2) is 15.0 Å². The van der Waals surface area contributed by atoms with Crippen molar-refractivity contribution in [2.75, 3.05) is 0 Å². The van der Waals surface area contributed by atoms with Gasteiger partial charge in [0.15, 0.2) is 5.82 Å². The molecule has 3 aromatic heterocycles. The highest BCUT2D eigenvalue weighted by molar-refractivity contribution is 7.26. The average molecular weight is 668 g/mol. The summed E-state index contributed by atoms with van der Waals surface area (Å²) in [6.45, 7) is 0. The van der Waals surface area contributed by atoms with Gasteiger partial charge in [-0.1, -0.05) is 146 Å². The average Bonchev–Trinajstić information content (AvgIpc) is 3.59. The zero-order valence-corrected chi connectivity index (χ0v) is 28.3. The van der Waals surface area contributed by atoms with Crippen LogP contribution in [0.1, 0.15) is 0 Å². The highest BCUT2D eigenvalue weighted by atomic mass is 32.1. The number of aromatic nitrogens is 3. The van der Waals surface area contributed by atoms with Crippen LogP contribution in [0.5, 0.6) is 0 Å². The van der Waals surface area contributed by atoms with Gasteiger partial charge in [0.25, 0.3) is 0 Å². The Morgan fingerprint density at radius 1 is 0.353 bits per heavy atom. The number of hydrogen-bond donors (Lipinski definition) is 0. The first-order chi connectivity index (χ1) is 25.3. The molecule has 0 saturated carbocycles. The van der Waals surface area contributed by atoms with Crippen molar-refractivity contribution < 1.29 is 0 Å². The summed E-state index contributed by atoms with van der Waals surface area (Å²) in [5.74, 6) is 0.698. The summed E-state index contributed by atoms with van der Waals surface area (Å²) in [6.07, 6.45) is 0. The maximum Gasteiger partial charge on any atom is 0.160 e. The van der Waals surface area contributed by atoms with Crippen molar-refractivity contribution in [1.82, 2.24) is 15.0 Å². The molecular formula is C47H29N3S. The third-order valence-corrected chi connectivity index (χ3v) is 10.9. The highest BCUT2D eigenvalue weighted by Crippen LogP contribution is 2.44. The van der Waals surface area contributed by atoms with E-state index in [2.05, 4.69) is 152 Å². The second kappa shape index (κ2) is 12.1. The number of hydrogen-bond acceptors (Lipinski definition) is 4. The van der Waals surface area contributed by atoms with Crippen LogP contribution in [0, 0.1) is 0 Å². The van der Waals surface area contributed by atoms with Crippen LogP contribution >= 0.6 is 11.3 Å². The summed E-state index contributed by atoms with van der Waals surface area (Å²) in [5, 5.41) is 5.93. The fourth-order valence-corrected chi connectivity index (χ4v) is 8.40. The van der Waals surface area contributed by atoms with E-state index in [4.69, 9.17) is 15.0 Å². The summed E-state index contributed by atoms with van der Waals surface area (Å²) >= 11 is 1.82. The van der Waals surface area contributed by atoms with Gasteiger partial charge in [0.05, 0.1) is 22.6 Å². The van der Waals surface area contributed by atoms with Crippen molar-refractivity contribution >= 4 is 53.2 Å². The summed E-state index contributed by atoms with van der Waals surface area (Å²) in [6, 6.07) is 61.9. The van der Waals surface area contributed by atoms with Crippen molar-refractivity contribution in [3.8, 4) is 56.3 Å². The molecule has 10 aromatic rings. The molecule has 10 rings (SSSR count). The van der Waals surface area contributed by atoms with Gasteiger partial charge in [-0.2, -0.15) is 0 Å². The van der Waals surface area contributed by atoms with Crippen LogP contribution in [0.4, 0.5) is 0 Å². The fraction of sp³-hybridized carbons (Fsp3) is 0. The summed E-state index contributed by atoms with van der Waals surface area (Å²) in [7, 11) is 0. The number of benzene rings is 7. The van der Waals surface area contributed by atoms with E-state index in [9.17, 15) is 0 Å². The SMILES string of the molecule is c1ccc(-c2ccc(-c3cc(-c4cc(-c5nc6ccccc6c6ccccc56)cc5c4sc4ccccc45)nc(-c4ccccc4)n3)cc2)cc1. The Bertz CT molecular complexity index is 2900. The van der Waals surface area contributed by atoms with E-state index in [0.717, 1.165) is 55.6 Å². The van der Waals surface area contributed by atoms with Gasteiger partial charge in [-0.05, 0) is 46.8 Å². The second-order valence-electron chi connectivity index (χ2n) is 12.8. The van der Waals surface area contributed by atoms with Gasteiger partial charge >= 0.3 is 0 Å². The Labute approximate surface area is 299 Å². The van der Waals surface area contributed by atoms with E-state index >= 15 is 0 Å². The predicted molar refractivity (Wildman–Crippen MR) is 215 cm³/mol. The minimum absolute atomic E-state index is 0.698. The van der Waals surface area contributed by atoms with Crippen molar-refractivity contribution in [3.05, 3.63) is 176 Å². The molecule has 0 aliphatic carbocycles. The Kier molecular flexibility index (Phi) is 7.00. The van der Waals surface area contributed by atoms with Crippen LogP contribution in [-0.2, 0) is 0 Å². The van der Waals surface area contributed by atoms with E-state index < -0.39 is 0 Å². The van der Waals surface area contributed by atoms with Crippen molar-refractivity contribution in [3.63, 3.8) is 0 Å². The molecule has 0 atom stereocenters. The van der Waals surface area contributed by atoms with Crippen molar-refractivity contribution in [2.24, 2.45) is 0 Å². The Morgan fingerprint density at radius 3 is 1.73 bits per heavy atom. The molecule has 0 unspecified atom stereocenters. The van der Waals surface area contributed by atoms with Crippen LogP contribution < -0.4 is 0 Å². The van der Waals surface area contributed by atoms with Crippen LogP contribution in [0.3, 0.4) is 0 Å². The van der Waals surface area contributed by atoms with Gasteiger partial charge in [0.2, 0.25) is 0 Å². The smallest absolute Gasteiger partial charge is 0.160 e. The molecule has 0 bridgehead atoms. The number of nitrogens with zero attached hydrogens (tertiary/aromatic N) is 3. The first-order valence-corrected chi connectivity index (χ1v) is 17.9. The molecular weight excluding hydrogens is 639 g/mol. The Hall–Kier alpha value is -6.49. The largest absolute Gasteiger partial charge is 0.247 e. The normalized spacial score (nSPS) is 11.5. The lowest BCUT2D eigenvalue weighted by Crippen LogP contribution is -1.97. The first-order valence-electron chi connectivity index (χ1n) is 17.1. The van der Waals surface area contributed by atoms with E-state index in [1.54, 1.807) is 0 Å². The maximum absolute atomic E-state index is 5.31. The van der Waals surface area contributed by atoms with Gasteiger partial charge in [0.1, 0.15) is 0 Å². The molecule has 0 fully saturated rings. The molecule has 3 heterocycles. The number of fused-ring (bicyclic) bond motifs is 6. The minimum atomic E-state index is 0.698. The fourth-order valence-electron chi connectivity index (χ4n) is 7.19. The van der Waals surface area contributed by atoms with Gasteiger partial charge < -0.3 is 0 Å². The number of thiophene rings is 1. The lowest BCUT2D eigenvalue weighted by molar-refractivity contribution is 1.19. The molecule has 0 radical (unpaired) electrons. The van der Waals surface area contributed by atoms with Crippen LogP contribution in [-0.4, -0.2) is 15.0 Å². The lowest BCUT2D eigenvalue weighted by Gasteiger charge is -2.14. The third kappa shape index (κ3) is 5.16. The molecule has 0 aliphatic rings. The molecule has 3 nitrogen and oxygen atoms in total. The summed E-state index contributed by atoms with van der Waals surface area (Å²) in [4.78, 5) is 15.8. The van der Waals surface area contributed by atoms with E-state index in [0.29, 0.717) is 5.82 Å². The van der Waals surface area contributed by atoms with Crippen LogP contribution in [0.25, 0.3) is 98.1 Å².